The van der Waals surface area contributed by atoms with Crippen molar-refractivity contribution in [1.82, 2.24) is 0 Å². The van der Waals surface area contributed by atoms with Gasteiger partial charge in [0, 0.05) is 21.8 Å². The first-order valence-electron chi connectivity index (χ1n) is 10.1. The average molecular weight is 481 g/mol. The van der Waals surface area contributed by atoms with Crippen LogP contribution in [0.3, 0.4) is 0 Å². The highest BCUT2D eigenvalue weighted by atomic mass is 35.5. The summed E-state index contributed by atoms with van der Waals surface area (Å²) in [6, 6.07) is 21.3. The van der Waals surface area contributed by atoms with E-state index >= 15 is 0 Å². The van der Waals surface area contributed by atoms with Gasteiger partial charge in [-0.3, -0.25) is 0 Å². The molecule has 0 amide bonds. The molecule has 4 nitrogen and oxygen atoms in total. The van der Waals surface area contributed by atoms with Crippen LogP contribution in [0, 0.1) is 0 Å². The molecular formula is C25H21ClN2O2S2. The number of hydrogen-bond acceptors (Lipinski definition) is 6. The highest BCUT2D eigenvalue weighted by molar-refractivity contribution is 7.68. The predicted octanol–water partition coefficient (Wildman–Crippen LogP) is 7.82. The van der Waals surface area contributed by atoms with Crippen molar-refractivity contribution in [3.05, 3.63) is 81.3 Å². The number of halogens is 1. The van der Waals surface area contributed by atoms with Gasteiger partial charge in [0.25, 0.3) is 0 Å². The molecule has 1 aliphatic heterocycles. The molecule has 3 aromatic carbocycles. The number of benzene rings is 3. The fourth-order valence-electron chi connectivity index (χ4n) is 3.69. The molecule has 0 bridgehead atoms. The summed E-state index contributed by atoms with van der Waals surface area (Å²) in [6.45, 7) is 4.41. The maximum Gasteiger partial charge on any atom is 0.135 e. The summed E-state index contributed by atoms with van der Waals surface area (Å²) in [5.41, 5.74) is 4.11. The molecule has 1 aromatic heterocycles. The molecule has 0 radical (unpaired) electrons. The number of rotatable bonds is 4. The van der Waals surface area contributed by atoms with Gasteiger partial charge in [-0.25, -0.2) is 4.99 Å². The van der Waals surface area contributed by atoms with Gasteiger partial charge in [-0.05, 0) is 80.6 Å². The summed E-state index contributed by atoms with van der Waals surface area (Å²) >= 11 is 5.94. The van der Waals surface area contributed by atoms with Crippen LogP contribution < -0.4 is 19.5 Å². The maximum atomic E-state index is 5.94. The lowest BCUT2D eigenvalue weighted by Crippen LogP contribution is -2.31. The van der Waals surface area contributed by atoms with E-state index in [0.29, 0.717) is 5.02 Å². The third-order valence-electron chi connectivity index (χ3n) is 5.27. The molecule has 7 heteroatoms. The van der Waals surface area contributed by atoms with Crippen molar-refractivity contribution >= 4 is 43.7 Å². The summed E-state index contributed by atoms with van der Waals surface area (Å²) in [5.74, 6) is 2.33. The first kappa shape index (κ1) is 21.1. The van der Waals surface area contributed by atoms with E-state index in [2.05, 4.69) is 31.3 Å². The van der Waals surface area contributed by atoms with Crippen LogP contribution in [0.15, 0.2) is 71.7 Å². The van der Waals surface area contributed by atoms with Gasteiger partial charge in [0.15, 0.2) is 0 Å². The van der Waals surface area contributed by atoms with Crippen LogP contribution in [0.1, 0.15) is 18.7 Å². The Labute approximate surface area is 199 Å². The van der Waals surface area contributed by atoms with E-state index in [1.54, 1.807) is 27.8 Å². The number of anilines is 1. The molecule has 1 N–H and O–H groups in total. The topological polar surface area (TPSA) is 42.9 Å². The Balaban J connectivity index is 1.51. The van der Waals surface area contributed by atoms with Crippen LogP contribution in [-0.2, 0) is 5.54 Å². The van der Waals surface area contributed by atoms with Gasteiger partial charge in [-0.2, -0.15) is 0 Å². The number of nitrogens with one attached hydrogen (secondary N) is 1. The molecule has 0 atom stereocenters. The van der Waals surface area contributed by atoms with E-state index in [0.717, 1.165) is 38.9 Å². The van der Waals surface area contributed by atoms with Crippen LogP contribution in [0.4, 0.5) is 11.4 Å². The van der Waals surface area contributed by atoms with Crippen molar-refractivity contribution in [3.8, 4) is 28.4 Å². The highest BCUT2D eigenvalue weighted by Gasteiger charge is 2.33. The summed E-state index contributed by atoms with van der Waals surface area (Å²) in [6.07, 6.45) is 0. The molecule has 4 aromatic rings. The molecule has 0 saturated heterocycles. The van der Waals surface area contributed by atoms with Crippen LogP contribution in [0.25, 0.3) is 11.1 Å². The van der Waals surface area contributed by atoms with Crippen molar-refractivity contribution < 1.29 is 9.47 Å². The zero-order valence-corrected chi connectivity index (χ0v) is 20.2. The molecule has 2 heterocycles. The lowest BCUT2D eigenvalue weighted by molar-refractivity contribution is 0.415. The van der Waals surface area contributed by atoms with E-state index in [1.807, 2.05) is 54.6 Å². The number of hydrogen-bond donors (Lipinski definition) is 1. The van der Waals surface area contributed by atoms with Gasteiger partial charge in [0.05, 0.1) is 23.2 Å². The molecule has 0 spiro atoms. The second-order valence-electron chi connectivity index (χ2n) is 8.00. The first-order valence-corrected chi connectivity index (χ1v) is 12.6. The van der Waals surface area contributed by atoms with Crippen molar-refractivity contribution in [2.45, 2.75) is 19.4 Å². The van der Waals surface area contributed by atoms with E-state index in [-0.39, 0.29) is 5.54 Å². The van der Waals surface area contributed by atoms with Crippen molar-refractivity contribution in [2.75, 3.05) is 12.4 Å². The maximum absolute atomic E-state index is 5.94. The molecule has 0 aliphatic carbocycles. The fraction of sp³-hybridized carbons (Fsp3) is 0.160. The SMILES string of the molecule is COc1ccc2c(c1)-c1c(ssc1=Nc1ccc(Oc3ccc(Cl)cc3)cc1)C(C)(C)N2. The molecule has 0 fully saturated rings. The number of fused-ring (bicyclic) bond motifs is 3. The normalized spacial score (nSPS) is 14.3. The first-order chi connectivity index (χ1) is 15.4. The zero-order chi connectivity index (χ0) is 22.3. The zero-order valence-electron chi connectivity index (χ0n) is 17.8. The van der Waals surface area contributed by atoms with Gasteiger partial charge < -0.3 is 14.8 Å². The Hall–Kier alpha value is -2.80. The second kappa shape index (κ2) is 8.28. The van der Waals surface area contributed by atoms with Crippen LogP contribution in [0.5, 0.6) is 17.2 Å². The molecular weight excluding hydrogens is 460 g/mol. The monoisotopic (exact) mass is 480 g/mol. The van der Waals surface area contributed by atoms with E-state index in [9.17, 15) is 0 Å². The Morgan fingerprint density at radius 1 is 0.875 bits per heavy atom. The van der Waals surface area contributed by atoms with E-state index < -0.39 is 0 Å². The number of ether oxygens (including phenoxy) is 2. The van der Waals surface area contributed by atoms with Gasteiger partial charge in [-0.15, -0.1) is 0 Å². The third kappa shape index (κ3) is 4.01. The highest BCUT2D eigenvalue weighted by Crippen LogP contribution is 2.46. The van der Waals surface area contributed by atoms with Crippen LogP contribution >= 0.6 is 32.3 Å². The minimum Gasteiger partial charge on any atom is -0.497 e. The standard InChI is InChI=1S/C25H21ClN2O2S2/c1-25(2)23-22(20-14-19(29-3)12-13-21(20)28-25)24(32-31-23)27-16-6-10-18(11-7-16)30-17-8-4-15(26)5-9-17/h4-14,28H,1-3H3. The summed E-state index contributed by atoms with van der Waals surface area (Å²) in [4.78, 5) is 6.26. The minimum absolute atomic E-state index is 0.165. The lowest BCUT2D eigenvalue weighted by Gasteiger charge is -2.33. The number of nitrogens with zero attached hydrogens (tertiary/aromatic N) is 1. The summed E-state index contributed by atoms with van der Waals surface area (Å²) < 4.78 is 12.4. The molecule has 0 unspecified atom stereocenters. The molecule has 0 saturated carbocycles. The van der Waals surface area contributed by atoms with Crippen LogP contribution in [-0.4, -0.2) is 7.11 Å². The van der Waals surface area contributed by atoms with Gasteiger partial charge in [0.2, 0.25) is 0 Å². The average Bonchev–Trinajstić information content (AvgIpc) is 3.21. The van der Waals surface area contributed by atoms with E-state index in [4.69, 9.17) is 26.1 Å². The van der Waals surface area contributed by atoms with E-state index in [1.165, 1.54) is 10.4 Å². The number of methoxy groups -OCH3 is 1. The minimum atomic E-state index is -0.165. The Kier molecular flexibility index (Phi) is 5.45. The molecule has 5 rings (SSSR count). The van der Waals surface area contributed by atoms with Gasteiger partial charge in [-0.1, -0.05) is 32.3 Å². The largest absolute Gasteiger partial charge is 0.497 e. The third-order valence-corrected chi connectivity index (χ3v) is 8.17. The molecule has 1 aliphatic rings. The smallest absolute Gasteiger partial charge is 0.135 e. The summed E-state index contributed by atoms with van der Waals surface area (Å²) in [7, 11) is 5.16. The van der Waals surface area contributed by atoms with Gasteiger partial charge >= 0.3 is 0 Å². The van der Waals surface area contributed by atoms with Crippen molar-refractivity contribution in [2.24, 2.45) is 4.99 Å². The molecule has 32 heavy (non-hydrogen) atoms. The van der Waals surface area contributed by atoms with Crippen molar-refractivity contribution in [1.29, 1.82) is 0 Å². The molecule has 162 valence electrons. The Morgan fingerprint density at radius 3 is 2.22 bits per heavy atom. The lowest BCUT2D eigenvalue weighted by atomic mass is 9.90. The predicted molar refractivity (Wildman–Crippen MR) is 134 cm³/mol. The fourth-order valence-corrected chi connectivity index (χ4v) is 6.76. The van der Waals surface area contributed by atoms with Crippen LogP contribution in [0.2, 0.25) is 5.02 Å². The summed E-state index contributed by atoms with van der Waals surface area (Å²) in [5, 5.41) is 4.33. The Bertz CT molecular complexity index is 1340. The second-order valence-corrected chi connectivity index (χ2v) is 10.6. The van der Waals surface area contributed by atoms with Gasteiger partial charge in [0.1, 0.15) is 21.9 Å². The Morgan fingerprint density at radius 2 is 1.53 bits per heavy atom. The quantitative estimate of drug-likeness (QED) is 0.303. The van der Waals surface area contributed by atoms with Crippen molar-refractivity contribution in [3.63, 3.8) is 0 Å².